The summed E-state index contributed by atoms with van der Waals surface area (Å²) in [6.07, 6.45) is 1.26. The number of amides is 3. The number of rotatable bonds is 9. The van der Waals surface area contributed by atoms with Crippen LogP contribution < -0.4 is 35.7 Å². The molecule has 3 amide bonds. The highest BCUT2D eigenvalue weighted by Crippen LogP contribution is 2.46. The molecule has 2 fully saturated rings. The average Bonchev–Trinajstić information content (AvgIpc) is 0.840. The van der Waals surface area contributed by atoms with Crippen molar-refractivity contribution in [2.24, 2.45) is 0 Å². The van der Waals surface area contributed by atoms with Crippen LogP contribution in [0.3, 0.4) is 0 Å². The van der Waals surface area contributed by atoms with Crippen LogP contribution in [0.2, 0.25) is 0 Å². The third kappa shape index (κ3) is 8.81. The van der Waals surface area contributed by atoms with Gasteiger partial charge in [0.25, 0.3) is 11.8 Å². The molecule has 0 bridgehead atoms. The SMILES string of the molecule is C=CC(=O)N1CC2COc3c(c4cc(F)c(-c5c(C)ccc6c5C(=O)NC6)nc4n(-c4c(C)cc(C(=C)C(=O)N5CC6COc7c(c8cc(F)c(-c9c(O)cccc9F)nc8n(-c8ccccc8C(C)C)c7=O)N6CC5C)nc4C(C)C)c3=O)N2CC1C. The molecule has 5 aliphatic rings. The van der Waals surface area contributed by atoms with Gasteiger partial charge >= 0.3 is 11.1 Å². The van der Waals surface area contributed by atoms with Crippen molar-refractivity contribution in [3.05, 3.63) is 169 Å². The van der Waals surface area contributed by atoms with E-state index in [9.17, 15) is 14.7 Å². The molecule has 13 rings (SSSR count). The predicted molar refractivity (Wildman–Crippen MR) is 329 cm³/mol. The number of carbonyl (C=O) groups is 3. The summed E-state index contributed by atoms with van der Waals surface area (Å²) >= 11 is 0. The van der Waals surface area contributed by atoms with Gasteiger partial charge < -0.3 is 39.5 Å². The van der Waals surface area contributed by atoms with Crippen molar-refractivity contribution in [2.45, 2.75) is 97.9 Å². The van der Waals surface area contributed by atoms with E-state index < -0.39 is 75.5 Å². The molecule has 10 heterocycles. The fourth-order valence-electron chi connectivity index (χ4n) is 13.6. The highest BCUT2D eigenvalue weighted by atomic mass is 19.1. The van der Waals surface area contributed by atoms with Crippen molar-refractivity contribution in [3.8, 4) is 51.1 Å². The molecule has 8 aromatic rings. The van der Waals surface area contributed by atoms with E-state index in [4.69, 9.17) is 19.4 Å². The third-order valence-electron chi connectivity index (χ3n) is 17.9. The van der Waals surface area contributed by atoms with Crippen molar-refractivity contribution in [2.75, 3.05) is 49.2 Å². The van der Waals surface area contributed by atoms with Gasteiger partial charge in [-0.05, 0) is 104 Å². The van der Waals surface area contributed by atoms with Crippen molar-refractivity contribution < 1.29 is 42.1 Å². The van der Waals surface area contributed by atoms with Crippen LogP contribution in [0.4, 0.5) is 24.5 Å². The third-order valence-corrected chi connectivity index (χ3v) is 17.9. The number of benzene rings is 3. The monoisotopic (exact) mass is 1190 g/mol. The lowest BCUT2D eigenvalue weighted by Crippen LogP contribution is -2.62. The molecule has 88 heavy (non-hydrogen) atoms. The molecule has 18 nitrogen and oxygen atoms in total. The molecular weight excluding hydrogens is 1130 g/mol. The van der Waals surface area contributed by atoms with E-state index in [-0.39, 0.29) is 137 Å². The molecule has 5 aromatic heterocycles. The Morgan fingerprint density at radius 2 is 1.27 bits per heavy atom. The summed E-state index contributed by atoms with van der Waals surface area (Å²) in [6, 6.07) is 16.8. The van der Waals surface area contributed by atoms with Crippen LogP contribution in [-0.2, 0) is 16.1 Å². The zero-order valence-corrected chi connectivity index (χ0v) is 49.8. The molecule has 450 valence electrons. The number of ether oxygens (including phenoxy) is 2. The van der Waals surface area contributed by atoms with Gasteiger partial charge in [-0.2, -0.15) is 0 Å². The number of pyridine rings is 5. The van der Waals surface area contributed by atoms with E-state index in [2.05, 4.69) is 23.5 Å². The molecule has 5 aliphatic heterocycles. The summed E-state index contributed by atoms with van der Waals surface area (Å²) in [5.74, 6) is -4.83. The molecule has 0 spiro atoms. The van der Waals surface area contributed by atoms with E-state index in [0.29, 0.717) is 39.4 Å². The summed E-state index contributed by atoms with van der Waals surface area (Å²) in [4.78, 5) is 94.4. The lowest BCUT2D eigenvalue weighted by molar-refractivity contribution is -0.129. The van der Waals surface area contributed by atoms with Gasteiger partial charge in [0, 0.05) is 61.1 Å². The number of halogens is 3. The molecule has 2 saturated heterocycles. The molecule has 4 atom stereocenters. The number of aromatic hydroxyl groups is 1. The van der Waals surface area contributed by atoms with Gasteiger partial charge in [0.2, 0.25) is 17.4 Å². The molecular formula is C67H63F3N10O8. The van der Waals surface area contributed by atoms with Crippen LogP contribution in [0, 0.1) is 31.3 Å². The molecule has 4 unspecified atom stereocenters. The highest BCUT2D eigenvalue weighted by molar-refractivity contribution is 6.18. The molecule has 0 saturated carbocycles. The zero-order valence-electron chi connectivity index (χ0n) is 49.8. The summed E-state index contributed by atoms with van der Waals surface area (Å²) in [6.45, 7) is 24.0. The van der Waals surface area contributed by atoms with E-state index in [1.807, 2.05) is 69.5 Å². The van der Waals surface area contributed by atoms with Gasteiger partial charge in [-0.15, -0.1) is 0 Å². The van der Waals surface area contributed by atoms with E-state index in [1.54, 1.807) is 47.9 Å². The Hall–Kier alpha value is -9.79. The van der Waals surface area contributed by atoms with Crippen LogP contribution in [0.5, 0.6) is 17.2 Å². The van der Waals surface area contributed by atoms with Gasteiger partial charge in [0.05, 0.1) is 62.9 Å². The first-order chi connectivity index (χ1) is 42.1. The second-order valence-corrected chi connectivity index (χ2v) is 24.1. The van der Waals surface area contributed by atoms with Crippen LogP contribution in [0.25, 0.3) is 61.5 Å². The minimum atomic E-state index is -0.956. The maximum absolute atomic E-state index is 17.3. The summed E-state index contributed by atoms with van der Waals surface area (Å²) < 4.78 is 65.1. The lowest BCUT2D eigenvalue weighted by atomic mass is 9.94. The summed E-state index contributed by atoms with van der Waals surface area (Å²) in [5, 5.41) is 14.1. The van der Waals surface area contributed by atoms with Gasteiger partial charge in [0.1, 0.15) is 42.0 Å². The van der Waals surface area contributed by atoms with E-state index in [1.165, 1.54) is 39.5 Å². The Labute approximate surface area is 503 Å². The number of aromatic nitrogens is 5. The minimum Gasteiger partial charge on any atom is -0.507 e. The van der Waals surface area contributed by atoms with Crippen LogP contribution in [-0.4, -0.2) is 120 Å². The number of carbonyl (C=O) groups excluding carboxylic acids is 3. The first-order valence-electron chi connectivity index (χ1n) is 29.4. The van der Waals surface area contributed by atoms with E-state index in [0.717, 1.165) is 11.6 Å². The Balaban J connectivity index is 0.895. The summed E-state index contributed by atoms with van der Waals surface area (Å²) in [5.41, 5.74) is 2.85. The van der Waals surface area contributed by atoms with Crippen LogP contribution in [0.15, 0.2) is 102 Å². The Kier molecular flexibility index (Phi) is 13.8. The molecule has 21 heteroatoms. The van der Waals surface area contributed by atoms with Crippen LogP contribution >= 0.6 is 0 Å². The smallest absolute Gasteiger partial charge is 0.301 e. The normalized spacial score (nSPS) is 18.6. The first-order valence-corrected chi connectivity index (χ1v) is 29.4. The minimum absolute atomic E-state index is 0.00410. The molecule has 2 N–H and O–H groups in total. The van der Waals surface area contributed by atoms with Crippen molar-refractivity contribution >= 4 is 56.7 Å². The number of para-hydroxylation sites is 1. The van der Waals surface area contributed by atoms with E-state index >= 15 is 27.6 Å². The largest absolute Gasteiger partial charge is 0.507 e. The number of piperazine rings is 2. The fourth-order valence-corrected chi connectivity index (χ4v) is 13.6. The number of nitrogens with one attached hydrogen (secondary N) is 1. The number of nitrogens with zero attached hydrogens (tertiary/aromatic N) is 9. The van der Waals surface area contributed by atoms with Gasteiger partial charge in [0.15, 0.2) is 17.1 Å². The number of aryl methyl sites for hydroxylation is 2. The quantitative estimate of drug-likeness (QED) is 0.130. The maximum atomic E-state index is 17.3. The number of phenolic OH excluding ortho intramolecular Hbond substituents is 1. The van der Waals surface area contributed by atoms with Crippen LogP contribution in [0.1, 0.15) is 97.4 Å². The molecule has 0 aliphatic carbocycles. The van der Waals surface area contributed by atoms with Crippen molar-refractivity contribution in [1.29, 1.82) is 0 Å². The van der Waals surface area contributed by atoms with Crippen molar-refractivity contribution in [3.63, 3.8) is 0 Å². The second-order valence-electron chi connectivity index (χ2n) is 24.1. The topological polar surface area (TPSA) is 198 Å². The average molecular weight is 1190 g/mol. The number of fused-ring (bicyclic) bond motifs is 11. The number of anilines is 2. The van der Waals surface area contributed by atoms with Gasteiger partial charge in [-0.1, -0.05) is 77.3 Å². The van der Waals surface area contributed by atoms with Gasteiger partial charge in [-0.25, -0.2) is 23.1 Å². The Morgan fingerprint density at radius 3 is 1.89 bits per heavy atom. The molecule has 3 aromatic carbocycles. The molecule has 0 radical (unpaired) electrons. The Morgan fingerprint density at radius 1 is 0.682 bits per heavy atom. The van der Waals surface area contributed by atoms with Gasteiger partial charge in [-0.3, -0.25) is 38.1 Å². The lowest BCUT2D eigenvalue weighted by Gasteiger charge is -2.48. The predicted octanol–water partition coefficient (Wildman–Crippen LogP) is 9.54. The number of hydrogen-bond donors (Lipinski definition) is 2. The summed E-state index contributed by atoms with van der Waals surface area (Å²) in [7, 11) is 0. The highest BCUT2D eigenvalue weighted by Gasteiger charge is 2.44. The maximum Gasteiger partial charge on any atom is 0.301 e. The number of phenols is 1. The number of hydrogen-bond acceptors (Lipinski definition) is 13. The zero-order chi connectivity index (χ0) is 62.2. The van der Waals surface area contributed by atoms with Crippen molar-refractivity contribution in [1.82, 2.24) is 39.2 Å². The standard InChI is InChI=1S/C67H63F3N10O8/c1-11-50(82)75-27-39-29-88-61-59(77(39)25-35(75)8)43-23-45(69)55(51-33(6)19-20-38-24-71-64(83)52(38)51)73-63(43)80(67(61)86)57-34(7)21-47(72-54(57)32(4)5)37(10)65(84)76-28-40-30-87-60-58(78(40)26-36(76)9)42-22-46(70)56(53-44(68)16-14-18-49(53)81)74-62(42)79(66(60)85)48-17-13-12-15-41(48)31(2)3/h11-23,31-32,35-36,39-40,81H,1,10,24-30H2,2-9H3,(H,71,83). The fraction of sp³-hybridized carbons (Fsp3) is 0.313. The second kappa shape index (κ2) is 21.3. The Bertz CT molecular complexity index is 4520. The first kappa shape index (κ1) is 57.3.